The second kappa shape index (κ2) is 7.78. The fourth-order valence-electron chi connectivity index (χ4n) is 1.78. The van der Waals surface area contributed by atoms with Gasteiger partial charge in [0.15, 0.2) is 0 Å². The Bertz CT molecular complexity index is 427. The summed E-state index contributed by atoms with van der Waals surface area (Å²) >= 11 is 5.85. The molecule has 0 unspecified atom stereocenters. The Kier molecular flexibility index (Phi) is 6.68. The lowest BCUT2D eigenvalue weighted by atomic mass is 9.92. The molecule has 0 amide bonds. The average Bonchev–Trinajstić information content (AvgIpc) is 2.41. The Hall–Kier alpha value is -0.880. The van der Waals surface area contributed by atoms with E-state index in [2.05, 4.69) is 0 Å². The van der Waals surface area contributed by atoms with Gasteiger partial charge in [-0.15, -0.1) is 0 Å². The second-order valence-corrected chi connectivity index (χ2v) is 5.70. The molecular formula is C14H21ClFNO3. The van der Waals surface area contributed by atoms with Crippen LogP contribution in [0.2, 0.25) is 5.02 Å². The number of halogens is 2. The van der Waals surface area contributed by atoms with E-state index in [9.17, 15) is 14.6 Å². The van der Waals surface area contributed by atoms with Gasteiger partial charge in [0.25, 0.3) is 0 Å². The topological polar surface area (TPSA) is 52.9 Å². The number of benzene rings is 1. The number of ether oxygens (including phenoxy) is 1. The van der Waals surface area contributed by atoms with E-state index >= 15 is 0 Å². The van der Waals surface area contributed by atoms with E-state index < -0.39 is 11.2 Å². The van der Waals surface area contributed by atoms with Crippen LogP contribution in [0.3, 0.4) is 0 Å². The van der Waals surface area contributed by atoms with Gasteiger partial charge in [-0.3, -0.25) is 0 Å². The van der Waals surface area contributed by atoms with Crippen molar-refractivity contribution < 1.29 is 19.3 Å². The third kappa shape index (κ3) is 5.25. The van der Waals surface area contributed by atoms with Gasteiger partial charge in [-0.05, 0) is 25.2 Å². The highest BCUT2D eigenvalue weighted by Crippen LogP contribution is 2.24. The van der Waals surface area contributed by atoms with Crippen molar-refractivity contribution in [2.75, 3.05) is 40.0 Å². The van der Waals surface area contributed by atoms with Gasteiger partial charge in [0.05, 0.1) is 18.2 Å². The zero-order valence-corrected chi connectivity index (χ0v) is 12.5. The first kappa shape index (κ1) is 17.2. The fourth-order valence-corrected chi connectivity index (χ4v) is 2.01. The molecule has 2 N–H and O–H groups in total. The normalized spacial score (nSPS) is 11.9. The Balaban J connectivity index is 2.40. The maximum absolute atomic E-state index is 12.9. The summed E-state index contributed by atoms with van der Waals surface area (Å²) < 4.78 is 18.3. The van der Waals surface area contributed by atoms with Gasteiger partial charge in [-0.1, -0.05) is 18.5 Å². The summed E-state index contributed by atoms with van der Waals surface area (Å²) in [6, 6.07) is 3.98. The summed E-state index contributed by atoms with van der Waals surface area (Å²) in [5.41, 5.74) is -0.539. The highest BCUT2D eigenvalue weighted by Gasteiger charge is 2.24. The van der Waals surface area contributed by atoms with Crippen LogP contribution in [0.4, 0.5) is 4.39 Å². The molecule has 114 valence electrons. The lowest BCUT2D eigenvalue weighted by Crippen LogP contribution is -2.40. The standard InChI is InChI=1S/C14H21ClFNO3/c1-14(9-18,10-19)8-17(2)5-6-20-13-4-3-11(16)7-12(13)15/h3-4,7,18-19H,5-6,8-10H2,1-2H3. The summed E-state index contributed by atoms with van der Waals surface area (Å²) in [6.07, 6.45) is 0. The predicted octanol–water partition coefficient (Wildman–Crippen LogP) is 1.78. The molecule has 0 radical (unpaired) electrons. The molecule has 0 atom stereocenters. The Morgan fingerprint density at radius 3 is 2.55 bits per heavy atom. The van der Waals surface area contributed by atoms with Crippen LogP contribution >= 0.6 is 11.6 Å². The van der Waals surface area contributed by atoms with Crippen molar-refractivity contribution in [3.63, 3.8) is 0 Å². The van der Waals surface area contributed by atoms with Crippen LogP contribution in [-0.2, 0) is 0 Å². The van der Waals surface area contributed by atoms with E-state index in [0.717, 1.165) is 0 Å². The van der Waals surface area contributed by atoms with Gasteiger partial charge in [0.2, 0.25) is 0 Å². The van der Waals surface area contributed by atoms with Crippen LogP contribution in [0.1, 0.15) is 6.92 Å². The minimum atomic E-state index is -0.539. The lowest BCUT2D eigenvalue weighted by Gasteiger charge is -2.30. The van der Waals surface area contributed by atoms with Crippen LogP contribution in [0.15, 0.2) is 18.2 Å². The van der Waals surface area contributed by atoms with Crippen LogP contribution in [0, 0.1) is 11.2 Å². The molecule has 0 spiro atoms. The zero-order chi connectivity index (χ0) is 15.2. The van der Waals surface area contributed by atoms with Crippen LogP contribution in [0.25, 0.3) is 0 Å². The molecule has 1 aromatic carbocycles. The van der Waals surface area contributed by atoms with Crippen molar-refractivity contribution >= 4 is 11.6 Å². The van der Waals surface area contributed by atoms with E-state index in [0.29, 0.717) is 25.4 Å². The third-order valence-electron chi connectivity index (χ3n) is 3.04. The van der Waals surface area contributed by atoms with E-state index in [-0.39, 0.29) is 18.2 Å². The number of aliphatic hydroxyl groups is 2. The first-order valence-electron chi connectivity index (χ1n) is 6.38. The van der Waals surface area contributed by atoms with E-state index in [4.69, 9.17) is 16.3 Å². The monoisotopic (exact) mass is 305 g/mol. The number of likely N-dealkylation sites (N-methyl/N-ethyl adjacent to an activating group) is 1. The highest BCUT2D eigenvalue weighted by molar-refractivity contribution is 6.32. The Morgan fingerprint density at radius 2 is 2.00 bits per heavy atom. The molecule has 0 aromatic heterocycles. The van der Waals surface area contributed by atoms with E-state index in [1.807, 2.05) is 11.9 Å². The maximum atomic E-state index is 12.9. The van der Waals surface area contributed by atoms with Gasteiger partial charge in [-0.25, -0.2) is 4.39 Å². The van der Waals surface area contributed by atoms with Crippen LogP contribution < -0.4 is 4.74 Å². The summed E-state index contributed by atoms with van der Waals surface area (Å²) in [4.78, 5) is 1.95. The van der Waals surface area contributed by atoms with E-state index in [1.165, 1.54) is 18.2 Å². The fraction of sp³-hybridized carbons (Fsp3) is 0.571. The largest absolute Gasteiger partial charge is 0.491 e. The molecule has 1 rings (SSSR count). The first-order valence-corrected chi connectivity index (χ1v) is 6.76. The molecule has 0 aliphatic rings. The molecule has 0 heterocycles. The molecular weight excluding hydrogens is 285 g/mol. The van der Waals surface area contributed by atoms with Gasteiger partial charge in [0, 0.05) is 18.5 Å². The summed E-state index contributed by atoms with van der Waals surface area (Å²) in [5.74, 6) is 0.0367. The van der Waals surface area contributed by atoms with Gasteiger partial charge in [-0.2, -0.15) is 0 Å². The van der Waals surface area contributed by atoms with Crippen molar-refractivity contribution in [1.29, 1.82) is 0 Å². The quantitative estimate of drug-likeness (QED) is 0.769. The van der Waals surface area contributed by atoms with Crippen molar-refractivity contribution in [3.8, 4) is 5.75 Å². The third-order valence-corrected chi connectivity index (χ3v) is 3.33. The number of hydrogen-bond donors (Lipinski definition) is 2. The Morgan fingerprint density at radius 1 is 1.35 bits per heavy atom. The molecule has 0 fully saturated rings. The molecule has 0 saturated carbocycles. The molecule has 1 aromatic rings. The number of nitrogens with zero attached hydrogens (tertiary/aromatic N) is 1. The molecule has 0 saturated heterocycles. The van der Waals surface area contributed by atoms with Crippen LogP contribution in [0.5, 0.6) is 5.75 Å². The molecule has 4 nitrogen and oxygen atoms in total. The van der Waals surface area contributed by atoms with Crippen molar-refractivity contribution in [2.45, 2.75) is 6.92 Å². The van der Waals surface area contributed by atoms with Crippen molar-refractivity contribution in [2.24, 2.45) is 5.41 Å². The zero-order valence-electron chi connectivity index (χ0n) is 11.8. The summed E-state index contributed by atoms with van der Waals surface area (Å²) in [6.45, 7) is 3.16. The molecule has 0 aliphatic heterocycles. The van der Waals surface area contributed by atoms with Gasteiger partial charge in [0.1, 0.15) is 18.2 Å². The van der Waals surface area contributed by atoms with Gasteiger partial charge < -0.3 is 19.8 Å². The Labute approximate surface area is 123 Å². The molecule has 20 heavy (non-hydrogen) atoms. The van der Waals surface area contributed by atoms with E-state index in [1.54, 1.807) is 6.92 Å². The molecule has 0 bridgehead atoms. The highest BCUT2D eigenvalue weighted by atomic mass is 35.5. The minimum absolute atomic E-state index is 0.0848. The minimum Gasteiger partial charge on any atom is -0.491 e. The number of rotatable bonds is 8. The van der Waals surface area contributed by atoms with Crippen molar-refractivity contribution in [1.82, 2.24) is 4.90 Å². The SMILES string of the molecule is CN(CCOc1ccc(F)cc1Cl)CC(C)(CO)CO. The van der Waals surface area contributed by atoms with Gasteiger partial charge >= 0.3 is 0 Å². The number of hydrogen-bond acceptors (Lipinski definition) is 4. The average molecular weight is 306 g/mol. The van der Waals surface area contributed by atoms with Crippen LogP contribution in [-0.4, -0.2) is 55.1 Å². The molecule has 0 aliphatic carbocycles. The van der Waals surface area contributed by atoms with Crippen molar-refractivity contribution in [3.05, 3.63) is 29.0 Å². The molecule has 6 heteroatoms. The smallest absolute Gasteiger partial charge is 0.138 e. The second-order valence-electron chi connectivity index (χ2n) is 5.29. The number of aliphatic hydroxyl groups excluding tert-OH is 2. The first-order chi connectivity index (χ1) is 9.40. The predicted molar refractivity (Wildman–Crippen MR) is 76.7 cm³/mol. The summed E-state index contributed by atoms with van der Waals surface area (Å²) in [5, 5.41) is 18.7. The summed E-state index contributed by atoms with van der Waals surface area (Å²) in [7, 11) is 1.87. The lowest BCUT2D eigenvalue weighted by molar-refractivity contribution is 0.0391. The maximum Gasteiger partial charge on any atom is 0.138 e.